The molecule has 18 heavy (non-hydrogen) atoms. The molecule has 1 aromatic carbocycles. The summed E-state index contributed by atoms with van der Waals surface area (Å²) in [6.07, 6.45) is 2.03. The number of hydrogen-bond donors (Lipinski definition) is 0. The molecule has 92 valence electrons. The number of fused-ring (bicyclic) bond motifs is 1. The summed E-state index contributed by atoms with van der Waals surface area (Å²) in [4.78, 5) is 25.1. The number of hydrogen-bond acceptors (Lipinski definition) is 3. The molecule has 1 aromatic rings. The first-order valence-corrected chi connectivity index (χ1v) is 5.99. The zero-order chi connectivity index (χ0) is 12.5. The van der Waals surface area contributed by atoms with Gasteiger partial charge in [-0.25, -0.2) is 4.79 Å². The molecule has 1 saturated heterocycles. The third-order valence-corrected chi connectivity index (χ3v) is 3.34. The summed E-state index contributed by atoms with van der Waals surface area (Å²) < 4.78 is 5.16. The van der Waals surface area contributed by atoms with Crippen molar-refractivity contribution in [3.8, 4) is 0 Å². The number of amides is 1. The molecule has 0 bridgehead atoms. The van der Waals surface area contributed by atoms with Gasteiger partial charge in [-0.3, -0.25) is 4.79 Å². The van der Waals surface area contributed by atoms with Crippen LogP contribution >= 0.6 is 0 Å². The Bertz CT molecular complexity index is 521. The van der Waals surface area contributed by atoms with E-state index in [1.807, 2.05) is 18.2 Å². The Kier molecular flexibility index (Phi) is 2.63. The second-order valence-electron chi connectivity index (χ2n) is 4.51. The molecule has 0 unspecified atom stereocenters. The van der Waals surface area contributed by atoms with E-state index < -0.39 is 0 Å². The zero-order valence-electron chi connectivity index (χ0n) is 9.83. The molecule has 1 amide bonds. The molecule has 3 rings (SSSR count). The maximum Gasteiger partial charge on any atom is 0.331 e. The van der Waals surface area contributed by atoms with Gasteiger partial charge in [0.1, 0.15) is 6.10 Å². The second kappa shape index (κ2) is 4.29. The summed E-state index contributed by atoms with van der Waals surface area (Å²) in [5, 5.41) is 0. The lowest BCUT2D eigenvalue weighted by Gasteiger charge is -2.31. The van der Waals surface area contributed by atoms with Crippen molar-refractivity contribution in [2.24, 2.45) is 0 Å². The lowest BCUT2D eigenvalue weighted by molar-refractivity contribution is -0.139. The van der Waals surface area contributed by atoms with Crippen LogP contribution in [0.5, 0.6) is 0 Å². The molecule has 2 aliphatic rings. The van der Waals surface area contributed by atoms with Gasteiger partial charge in [-0.1, -0.05) is 18.2 Å². The fraction of sp³-hybridized carbons (Fsp3) is 0.286. The van der Waals surface area contributed by atoms with E-state index in [0.717, 1.165) is 12.0 Å². The van der Waals surface area contributed by atoms with Gasteiger partial charge in [-0.2, -0.15) is 0 Å². The largest absolute Gasteiger partial charge is 0.453 e. The van der Waals surface area contributed by atoms with Crippen LogP contribution in [0.4, 0.5) is 0 Å². The van der Waals surface area contributed by atoms with Crippen LogP contribution in [0.3, 0.4) is 0 Å². The van der Waals surface area contributed by atoms with E-state index in [-0.39, 0.29) is 18.0 Å². The third-order valence-electron chi connectivity index (χ3n) is 3.34. The van der Waals surface area contributed by atoms with Crippen molar-refractivity contribution in [1.82, 2.24) is 4.90 Å². The minimum atomic E-state index is -0.288. The predicted octanol–water partition coefficient (Wildman–Crippen LogP) is 1.38. The number of carbonyl (C=O) groups is 2. The van der Waals surface area contributed by atoms with E-state index in [4.69, 9.17) is 4.74 Å². The lowest BCUT2D eigenvalue weighted by Crippen LogP contribution is -2.43. The summed E-state index contributed by atoms with van der Waals surface area (Å²) in [5.41, 5.74) is 1.69. The van der Waals surface area contributed by atoms with Crippen molar-refractivity contribution in [2.45, 2.75) is 12.5 Å². The number of ether oxygens (including phenoxy) is 1. The Morgan fingerprint density at radius 1 is 1.28 bits per heavy atom. The molecule has 2 heterocycles. The molecule has 2 aliphatic heterocycles. The molecule has 0 N–H and O–H groups in total. The SMILES string of the molecule is O=C1C=C2CCN(C(=O)c3ccccc3)C[C@H]2O1. The average Bonchev–Trinajstić information content (AvgIpc) is 2.78. The third kappa shape index (κ3) is 1.90. The van der Waals surface area contributed by atoms with Crippen molar-refractivity contribution in [2.75, 3.05) is 13.1 Å². The van der Waals surface area contributed by atoms with Crippen molar-refractivity contribution in [3.63, 3.8) is 0 Å². The highest BCUT2D eigenvalue weighted by atomic mass is 16.5. The van der Waals surface area contributed by atoms with Gasteiger partial charge in [-0.05, 0) is 24.1 Å². The quantitative estimate of drug-likeness (QED) is 0.700. The molecule has 4 nitrogen and oxygen atoms in total. The van der Waals surface area contributed by atoms with E-state index in [9.17, 15) is 9.59 Å². The van der Waals surface area contributed by atoms with Gasteiger partial charge in [-0.15, -0.1) is 0 Å². The molecular weight excluding hydrogens is 230 g/mol. The number of esters is 1. The molecule has 0 aromatic heterocycles. The van der Waals surface area contributed by atoms with Gasteiger partial charge in [0.2, 0.25) is 0 Å². The standard InChI is InChI=1S/C14H13NO3/c16-13-8-11-6-7-15(9-12(11)18-13)14(17)10-4-2-1-3-5-10/h1-5,8,12H,6-7,9H2/t12-/m1/s1. The fourth-order valence-corrected chi connectivity index (χ4v) is 2.39. The van der Waals surface area contributed by atoms with Crippen LogP contribution in [0, 0.1) is 0 Å². The maximum atomic E-state index is 12.2. The first-order chi connectivity index (χ1) is 8.74. The van der Waals surface area contributed by atoms with Gasteiger partial charge in [0.05, 0.1) is 6.54 Å². The van der Waals surface area contributed by atoms with E-state index in [1.165, 1.54) is 0 Å². The smallest absolute Gasteiger partial charge is 0.331 e. The van der Waals surface area contributed by atoms with Crippen LogP contribution in [0.1, 0.15) is 16.8 Å². The van der Waals surface area contributed by atoms with Gasteiger partial charge < -0.3 is 9.64 Å². The van der Waals surface area contributed by atoms with Crippen LogP contribution in [-0.2, 0) is 9.53 Å². The van der Waals surface area contributed by atoms with E-state index in [2.05, 4.69) is 0 Å². The van der Waals surface area contributed by atoms with Gasteiger partial charge >= 0.3 is 5.97 Å². The normalized spacial score (nSPS) is 22.2. The Labute approximate surface area is 105 Å². The molecular formula is C14H13NO3. The molecule has 0 aliphatic carbocycles. The molecule has 1 atom stereocenters. The summed E-state index contributed by atoms with van der Waals surface area (Å²) in [7, 11) is 0. The molecule has 0 radical (unpaired) electrons. The first-order valence-electron chi connectivity index (χ1n) is 5.99. The number of likely N-dealkylation sites (tertiary alicyclic amines) is 1. The number of benzene rings is 1. The van der Waals surface area contributed by atoms with Crippen LogP contribution in [-0.4, -0.2) is 36.0 Å². The summed E-state index contributed by atoms with van der Waals surface area (Å²) in [5.74, 6) is -0.290. The number of carbonyl (C=O) groups excluding carboxylic acids is 2. The molecule has 4 heteroatoms. The zero-order valence-corrected chi connectivity index (χ0v) is 9.83. The van der Waals surface area contributed by atoms with Crippen molar-refractivity contribution < 1.29 is 14.3 Å². The Hall–Kier alpha value is -2.10. The van der Waals surface area contributed by atoms with Crippen LogP contribution in [0.2, 0.25) is 0 Å². The molecule has 0 spiro atoms. The number of rotatable bonds is 1. The first kappa shape index (κ1) is 11.0. The highest BCUT2D eigenvalue weighted by Crippen LogP contribution is 2.25. The summed E-state index contributed by atoms with van der Waals surface area (Å²) in [6.45, 7) is 1.11. The average molecular weight is 243 g/mol. The van der Waals surface area contributed by atoms with Crippen LogP contribution in [0.15, 0.2) is 42.0 Å². The summed E-state index contributed by atoms with van der Waals surface area (Å²) in [6, 6.07) is 9.17. The van der Waals surface area contributed by atoms with E-state index >= 15 is 0 Å². The van der Waals surface area contributed by atoms with Gasteiger partial charge in [0.15, 0.2) is 0 Å². The molecule has 1 fully saturated rings. The highest BCUT2D eigenvalue weighted by molar-refractivity contribution is 5.94. The Balaban J connectivity index is 1.74. The van der Waals surface area contributed by atoms with Crippen LogP contribution in [0.25, 0.3) is 0 Å². The van der Waals surface area contributed by atoms with E-state index in [1.54, 1.807) is 23.1 Å². The van der Waals surface area contributed by atoms with Crippen molar-refractivity contribution >= 4 is 11.9 Å². The van der Waals surface area contributed by atoms with Crippen molar-refractivity contribution in [3.05, 3.63) is 47.5 Å². The summed E-state index contributed by atoms with van der Waals surface area (Å²) >= 11 is 0. The number of nitrogens with zero attached hydrogens (tertiary/aromatic N) is 1. The highest BCUT2D eigenvalue weighted by Gasteiger charge is 2.33. The molecule has 0 saturated carbocycles. The van der Waals surface area contributed by atoms with Crippen molar-refractivity contribution in [1.29, 1.82) is 0 Å². The maximum absolute atomic E-state index is 12.2. The topological polar surface area (TPSA) is 46.6 Å². The van der Waals surface area contributed by atoms with Gasteiger partial charge in [0, 0.05) is 18.2 Å². The Morgan fingerprint density at radius 3 is 2.83 bits per heavy atom. The monoisotopic (exact) mass is 243 g/mol. The fourth-order valence-electron chi connectivity index (χ4n) is 2.39. The second-order valence-corrected chi connectivity index (χ2v) is 4.51. The minimum absolute atomic E-state index is 0.00222. The van der Waals surface area contributed by atoms with E-state index in [0.29, 0.717) is 18.7 Å². The van der Waals surface area contributed by atoms with Gasteiger partial charge in [0.25, 0.3) is 5.91 Å². The lowest BCUT2D eigenvalue weighted by atomic mass is 10.0. The van der Waals surface area contributed by atoms with Crippen LogP contribution < -0.4 is 0 Å². The predicted molar refractivity (Wildman–Crippen MR) is 64.9 cm³/mol. The minimum Gasteiger partial charge on any atom is -0.453 e. The number of piperidine rings is 1. The Morgan fingerprint density at radius 2 is 2.06 bits per heavy atom.